The van der Waals surface area contributed by atoms with Crippen LogP contribution in [0.1, 0.15) is 60.2 Å². The van der Waals surface area contributed by atoms with Crippen molar-refractivity contribution >= 4 is 5.97 Å². The largest absolute Gasteiger partial charge is 0.478 e. The number of aromatic nitrogens is 3. The van der Waals surface area contributed by atoms with Gasteiger partial charge in [-0.1, -0.05) is 62.2 Å². The Kier molecular flexibility index (Phi) is 7.40. The SMILES string of the molecule is C#CCCc1nc(CCCCC)nn1Cc1ccc(-c2ccccc2C(=O)O)cc1. The summed E-state index contributed by atoms with van der Waals surface area (Å²) in [4.78, 5) is 16.2. The maximum atomic E-state index is 11.5. The molecule has 3 rings (SSSR count). The van der Waals surface area contributed by atoms with Crippen molar-refractivity contribution in [2.75, 3.05) is 0 Å². The predicted molar refractivity (Wildman–Crippen MR) is 118 cm³/mol. The molecular formula is C25H27N3O2. The van der Waals surface area contributed by atoms with Gasteiger partial charge in [0.15, 0.2) is 5.82 Å². The normalized spacial score (nSPS) is 10.7. The van der Waals surface area contributed by atoms with Crippen LogP contribution in [0.15, 0.2) is 48.5 Å². The van der Waals surface area contributed by atoms with Crippen LogP contribution >= 0.6 is 0 Å². The number of carboxylic acids is 1. The van der Waals surface area contributed by atoms with E-state index in [1.807, 2.05) is 41.1 Å². The number of hydrogen-bond donors (Lipinski definition) is 1. The summed E-state index contributed by atoms with van der Waals surface area (Å²) in [5.74, 6) is 3.55. The van der Waals surface area contributed by atoms with Gasteiger partial charge in [0.05, 0.1) is 12.1 Å². The van der Waals surface area contributed by atoms with E-state index in [9.17, 15) is 9.90 Å². The number of carbonyl (C=O) groups is 1. The van der Waals surface area contributed by atoms with Gasteiger partial charge >= 0.3 is 5.97 Å². The Labute approximate surface area is 177 Å². The molecule has 0 spiro atoms. The van der Waals surface area contributed by atoms with Crippen molar-refractivity contribution in [2.24, 2.45) is 0 Å². The van der Waals surface area contributed by atoms with Gasteiger partial charge in [0.2, 0.25) is 0 Å². The molecule has 1 N–H and O–H groups in total. The van der Waals surface area contributed by atoms with Crippen molar-refractivity contribution < 1.29 is 9.90 Å². The quantitative estimate of drug-likeness (QED) is 0.384. The molecule has 0 fully saturated rings. The minimum atomic E-state index is -0.925. The fourth-order valence-electron chi connectivity index (χ4n) is 3.44. The Balaban J connectivity index is 1.79. The van der Waals surface area contributed by atoms with E-state index in [2.05, 4.69) is 12.8 Å². The molecule has 0 radical (unpaired) electrons. The van der Waals surface area contributed by atoms with Crippen LogP contribution in [0.25, 0.3) is 11.1 Å². The molecule has 5 nitrogen and oxygen atoms in total. The van der Waals surface area contributed by atoms with E-state index in [0.717, 1.165) is 35.6 Å². The second-order valence-corrected chi connectivity index (χ2v) is 7.31. The van der Waals surface area contributed by atoms with Gasteiger partial charge in [-0.2, -0.15) is 5.10 Å². The zero-order chi connectivity index (χ0) is 21.3. The molecule has 5 heteroatoms. The Morgan fingerprint density at radius 3 is 2.57 bits per heavy atom. The molecule has 0 aliphatic carbocycles. The summed E-state index contributed by atoms with van der Waals surface area (Å²) in [6.45, 7) is 2.80. The molecule has 1 aromatic heterocycles. The van der Waals surface area contributed by atoms with Crippen LogP contribution in [0.5, 0.6) is 0 Å². The molecule has 0 bridgehead atoms. The van der Waals surface area contributed by atoms with Crippen molar-refractivity contribution in [1.29, 1.82) is 0 Å². The maximum Gasteiger partial charge on any atom is 0.336 e. The number of aromatic carboxylic acids is 1. The van der Waals surface area contributed by atoms with E-state index < -0.39 is 5.97 Å². The van der Waals surface area contributed by atoms with E-state index in [0.29, 0.717) is 30.5 Å². The summed E-state index contributed by atoms with van der Waals surface area (Å²) >= 11 is 0. The summed E-state index contributed by atoms with van der Waals surface area (Å²) in [7, 11) is 0. The second kappa shape index (κ2) is 10.4. The highest BCUT2D eigenvalue weighted by Crippen LogP contribution is 2.24. The third-order valence-corrected chi connectivity index (χ3v) is 5.04. The van der Waals surface area contributed by atoms with Crippen molar-refractivity contribution in [1.82, 2.24) is 14.8 Å². The van der Waals surface area contributed by atoms with Crippen LogP contribution in [0.3, 0.4) is 0 Å². The minimum Gasteiger partial charge on any atom is -0.478 e. The zero-order valence-corrected chi connectivity index (χ0v) is 17.3. The maximum absolute atomic E-state index is 11.5. The van der Waals surface area contributed by atoms with E-state index in [-0.39, 0.29) is 0 Å². The van der Waals surface area contributed by atoms with Crippen LogP contribution < -0.4 is 0 Å². The molecule has 1 heterocycles. The highest BCUT2D eigenvalue weighted by molar-refractivity contribution is 5.95. The first-order valence-electron chi connectivity index (χ1n) is 10.4. The molecule has 0 aliphatic rings. The Morgan fingerprint density at radius 2 is 1.87 bits per heavy atom. The molecule has 0 saturated heterocycles. The van der Waals surface area contributed by atoms with Crippen LogP contribution in [0.4, 0.5) is 0 Å². The molecule has 0 unspecified atom stereocenters. The van der Waals surface area contributed by atoms with E-state index in [4.69, 9.17) is 16.5 Å². The summed E-state index contributed by atoms with van der Waals surface area (Å²) in [5, 5.41) is 14.1. The number of unbranched alkanes of at least 4 members (excludes halogenated alkanes) is 2. The molecule has 0 atom stereocenters. The average molecular weight is 402 g/mol. The van der Waals surface area contributed by atoms with Crippen molar-refractivity contribution in [3.8, 4) is 23.5 Å². The minimum absolute atomic E-state index is 0.301. The predicted octanol–water partition coefficient (Wildman–Crippen LogP) is 4.99. The lowest BCUT2D eigenvalue weighted by Gasteiger charge is -2.09. The second-order valence-electron chi connectivity index (χ2n) is 7.31. The summed E-state index contributed by atoms with van der Waals surface area (Å²) in [6.07, 6.45) is 11.1. The van der Waals surface area contributed by atoms with Crippen LogP contribution in [-0.4, -0.2) is 25.8 Å². The molecular weight excluding hydrogens is 374 g/mol. The topological polar surface area (TPSA) is 68.0 Å². The molecule has 30 heavy (non-hydrogen) atoms. The lowest BCUT2D eigenvalue weighted by atomic mass is 9.99. The summed E-state index contributed by atoms with van der Waals surface area (Å²) in [5.41, 5.74) is 2.97. The molecule has 2 aromatic carbocycles. The number of hydrogen-bond acceptors (Lipinski definition) is 3. The fraction of sp³-hybridized carbons (Fsp3) is 0.320. The molecule has 154 valence electrons. The van der Waals surface area contributed by atoms with E-state index in [1.54, 1.807) is 12.1 Å². The highest BCUT2D eigenvalue weighted by Gasteiger charge is 2.12. The van der Waals surface area contributed by atoms with Gasteiger partial charge in [-0.05, 0) is 29.2 Å². The first-order valence-corrected chi connectivity index (χ1v) is 10.4. The fourth-order valence-corrected chi connectivity index (χ4v) is 3.44. The van der Waals surface area contributed by atoms with Crippen molar-refractivity contribution in [2.45, 2.75) is 52.0 Å². The van der Waals surface area contributed by atoms with Gasteiger partial charge in [0.1, 0.15) is 5.82 Å². The van der Waals surface area contributed by atoms with Crippen LogP contribution in [-0.2, 0) is 19.4 Å². The number of aryl methyl sites for hydroxylation is 2. The van der Waals surface area contributed by atoms with Crippen molar-refractivity contribution in [3.63, 3.8) is 0 Å². The first-order chi connectivity index (χ1) is 14.6. The number of rotatable bonds is 10. The standard InChI is InChI=1S/C25H27N3O2/c1-3-5-7-12-23-26-24(13-6-4-2)28(27-23)18-19-14-16-20(17-15-19)21-10-8-9-11-22(21)25(29)30/h2,8-11,14-17H,3,5-7,12-13,18H2,1H3,(H,29,30). The average Bonchev–Trinajstić information content (AvgIpc) is 3.14. The summed E-state index contributed by atoms with van der Waals surface area (Å²) < 4.78 is 1.94. The number of nitrogens with zero attached hydrogens (tertiary/aromatic N) is 3. The molecule has 3 aromatic rings. The van der Waals surface area contributed by atoms with E-state index in [1.165, 1.54) is 12.8 Å². The van der Waals surface area contributed by atoms with Gasteiger partial charge < -0.3 is 5.11 Å². The Bertz CT molecular complexity index is 1030. The first kappa shape index (κ1) is 21.3. The van der Waals surface area contributed by atoms with E-state index >= 15 is 0 Å². The van der Waals surface area contributed by atoms with Gasteiger partial charge in [-0.25, -0.2) is 14.5 Å². The smallest absolute Gasteiger partial charge is 0.336 e. The highest BCUT2D eigenvalue weighted by atomic mass is 16.4. The van der Waals surface area contributed by atoms with Gasteiger partial charge in [0.25, 0.3) is 0 Å². The third-order valence-electron chi connectivity index (χ3n) is 5.04. The lowest BCUT2D eigenvalue weighted by molar-refractivity contribution is 0.0697. The van der Waals surface area contributed by atoms with Gasteiger partial charge in [-0.15, -0.1) is 12.3 Å². The number of benzene rings is 2. The number of terminal acetylenes is 1. The molecule has 0 saturated carbocycles. The van der Waals surface area contributed by atoms with Gasteiger partial charge in [-0.3, -0.25) is 0 Å². The Morgan fingerprint density at radius 1 is 1.10 bits per heavy atom. The number of carboxylic acid groups (broad SMARTS) is 1. The molecule has 0 aliphatic heterocycles. The Hall–Kier alpha value is -3.39. The monoisotopic (exact) mass is 401 g/mol. The van der Waals surface area contributed by atoms with Crippen LogP contribution in [0, 0.1) is 12.3 Å². The zero-order valence-electron chi connectivity index (χ0n) is 17.3. The van der Waals surface area contributed by atoms with Gasteiger partial charge in [0, 0.05) is 19.3 Å². The molecule has 0 amide bonds. The third kappa shape index (κ3) is 5.36. The van der Waals surface area contributed by atoms with Crippen molar-refractivity contribution in [3.05, 3.63) is 71.3 Å². The summed E-state index contributed by atoms with van der Waals surface area (Å²) in [6, 6.07) is 15.0. The lowest BCUT2D eigenvalue weighted by Crippen LogP contribution is -2.07. The van der Waals surface area contributed by atoms with Crippen LogP contribution in [0.2, 0.25) is 0 Å².